The first-order valence-electron chi connectivity index (χ1n) is 7.91. The molecule has 0 heterocycles. The summed E-state index contributed by atoms with van der Waals surface area (Å²) in [6, 6.07) is 27.3. The molecule has 0 bridgehead atoms. The van der Waals surface area contributed by atoms with Gasteiger partial charge in [-0.25, -0.2) is 4.79 Å². The van der Waals surface area contributed by atoms with E-state index in [1.165, 1.54) is 0 Å². The monoisotopic (exact) mass is 331 g/mol. The number of imide groups is 1. The molecule has 0 atom stereocenters. The summed E-state index contributed by atoms with van der Waals surface area (Å²) in [5.41, 5.74) is 1.61. The number of carbonyl (C=O) groups is 2. The lowest BCUT2D eigenvalue weighted by Gasteiger charge is -2.17. The summed E-state index contributed by atoms with van der Waals surface area (Å²) in [5, 5.41) is 2.33. The number of hydrogen-bond acceptors (Lipinski definition) is 3. The molecule has 0 aliphatic carbocycles. The molecule has 4 nitrogen and oxygen atoms in total. The smallest absolute Gasteiger partial charge is 0.410 e. The molecular weight excluding hydrogens is 314 g/mol. The predicted molar refractivity (Wildman–Crippen MR) is 95.3 cm³/mol. The van der Waals surface area contributed by atoms with E-state index >= 15 is 0 Å². The third kappa shape index (κ3) is 4.32. The van der Waals surface area contributed by atoms with Crippen LogP contribution >= 0.6 is 0 Å². The van der Waals surface area contributed by atoms with E-state index in [0.717, 1.165) is 11.1 Å². The van der Waals surface area contributed by atoms with Gasteiger partial charge >= 0.3 is 6.09 Å². The van der Waals surface area contributed by atoms with E-state index in [4.69, 9.17) is 4.74 Å². The molecule has 3 aromatic rings. The first-order valence-corrected chi connectivity index (χ1v) is 7.91. The summed E-state index contributed by atoms with van der Waals surface area (Å²) >= 11 is 0. The SMILES string of the molecule is O=C(NC(=O)C(c1ccccc1)c1ccccc1)Oc1ccccc1. The van der Waals surface area contributed by atoms with Crippen molar-refractivity contribution in [2.24, 2.45) is 0 Å². The molecule has 0 fully saturated rings. The molecule has 0 aliphatic heterocycles. The predicted octanol–water partition coefficient (Wildman–Crippen LogP) is 4.13. The average Bonchev–Trinajstić information content (AvgIpc) is 2.64. The Kier molecular flexibility index (Phi) is 5.22. The Morgan fingerprint density at radius 1 is 0.680 bits per heavy atom. The quantitative estimate of drug-likeness (QED) is 0.782. The molecule has 4 heteroatoms. The van der Waals surface area contributed by atoms with E-state index in [2.05, 4.69) is 5.32 Å². The zero-order valence-corrected chi connectivity index (χ0v) is 13.5. The van der Waals surface area contributed by atoms with Crippen LogP contribution in [0.4, 0.5) is 4.79 Å². The summed E-state index contributed by atoms with van der Waals surface area (Å²) in [7, 11) is 0. The van der Waals surface area contributed by atoms with Crippen LogP contribution in [0.15, 0.2) is 91.0 Å². The molecule has 0 radical (unpaired) electrons. The molecule has 3 aromatic carbocycles. The number of ether oxygens (including phenoxy) is 1. The number of para-hydroxylation sites is 1. The molecular formula is C21H17NO3. The van der Waals surface area contributed by atoms with Crippen LogP contribution in [0.3, 0.4) is 0 Å². The summed E-state index contributed by atoms with van der Waals surface area (Å²) in [5.74, 6) is -0.646. The number of carbonyl (C=O) groups excluding carboxylic acids is 2. The van der Waals surface area contributed by atoms with Gasteiger partial charge in [-0.15, -0.1) is 0 Å². The highest BCUT2D eigenvalue weighted by Crippen LogP contribution is 2.24. The second-order valence-electron chi connectivity index (χ2n) is 5.45. The van der Waals surface area contributed by atoms with E-state index < -0.39 is 17.9 Å². The number of nitrogens with one attached hydrogen (secondary N) is 1. The van der Waals surface area contributed by atoms with Gasteiger partial charge in [-0.1, -0.05) is 78.9 Å². The third-order valence-electron chi connectivity index (χ3n) is 3.71. The number of rotatable bonds is 4. The van der Waals surface area contributed by atoms with E-state index in [0.29, 0.717) is 5.75 Å². The van der Waals surface area contributed by atoms with Crippen LogP contribution in [0, 0.1) is 0 Å². The maximum atomic E-state index is 12.7. The number of amides is 2. The van der Waals surface area contributed by atoms with Crippen molar-refractivity contribution < 1.29 is 14.3 Å². The normalized spacial score (nSPS) is 10.3. The van der Waals surface area contributed by atoms with Crippen molar-refractivity contribution in [1.29, 1.82) is 0 Å². The second kappa shape index (κ2) is 7.93. The molecule has 0 spiro atoms. The summed E-state index contributed by atoms with van der Waals surface area (Å²) in [6.45, 7) is 0. The van der Waals surface area contributed by atoms with Crippen molar-refractivity contribution in [3.63, 3.8) is 0 Å². The zero-order chi connectivity index (χ0) is 17.5. The Labute approximate surface area is 146 Å². The zero-order valence-electron chi connectivity index (χ0n) is 13.5. The maximum Gasteiger partial charge on any atom is 0.419 e. The fraction of sp³-hybridized carbons (Fsp3) is 0.0476. The lowest BCUT2D eigenvalue weighted by atomic mass is 9.90. The van der Waals surface area contributed by atoms with Crippen LogP contribution in [0.25, 0.3) is 0 Å². The molecule has 0 aromatic heterocycles. The Hall–Kier alpha value is -3.40. The molecule has 25 heavy (non-hydrogen) atoms. The van der Waals surface area contributed by atoms with Gasteiger partial charge in [-0.3, -0.25) is 10.1 Å². The van der Waals surface area contributed by atoms with E-state index in [9.17, 15) is 9.59 Å². The topological polar surface area (TPSA) is 55.4 Å². The second-order valence-corrected chi connectivity index (χ2v) is 5.45. The highest BCUT2D eigenvalue weighted by Gasteiger charge is 2.24. The minimum Gasteiger partial charge on any atom is -0.410 e. The lowest BCUT2D eigenvalue weighted by molar-refractivity contribution is -0.120. The van der Waals surface area contributed by atoms with Gasteiger partial charge in [0.05, 0.1) is 5.92 Å². The molecule has 0 aliphatic rings. The minimum atomic E-state index is -0.798. The maximum absolute atomic E-state index is 12.7. The van der Waals surface area contributed by atoms with Crippen LogP contribution in [-0.4, -0.2) is 12.0 Å². The first-order chi connectivity index (χ1) is 12.2. The highest BCUT2D eigenvalue weighted by atomic mass is 16.6. The van der Waals surface area contributed by atoms with Gasteiger partial charge in [-0.2, -0.15) is 0 Å². The number of benzene rings is 3. The molecule has 0 unspecified atom stereocenters. The van der Waals surface area contributed by atoms with Crippen molar-refractivity contribution >= 4 is 12.0 Å². The van der Waals surface area contributed by atoms with E-state index in [1.54, 1.807) is 24.3 Å². The molecule has 2 amide bonds. The van der Waals surface area contributed by atoms with Crippen LogP contribution in [0.1, 0.15) is 17.0 Å². The van der Waals surface area contributed by atoms with Crippen molar-refractivity contribution in [1.82, 2.24) is 5.32 Å². The molecule has 3 rings (SSSR count). The molecule has 0 saturated heterocycles. The first kappa shape index (κ1) is 16.5. The third-order valence-corrected chi connectivity index (χ3v) is 3.71. The fourth-order valence-corrected chi connectivity index (χ4v) is 2.58. The summed E-state index contributed by atoms with van der Waals surface area (Å²) < 4.78 is 5.14. The van der Waals surface area contributed by atoms with Crippen molar-refractivity contribution in [3.05, 3.63) is 102 Å². The van der Waals surface area contributed by atoms with Crippen LogP contribution in [0.5, 0.6) is 5.75 Å². The Balaban J connectivity index is 1.79. The molecule has 1 N–H and O–H groups in total. The summed E-state index contributed by atoms with van der Waals surface area (Å²) in [4.78, 5) is 24.8. The Bertz CT molecular complexity index is 793. The largest absolute Gasteiger partial charge is 0.419 e. The van der Waals surface area contributed by atoms with Crippen molar-refractivity contribution in [2.45, 2.75) is 5.92 Å². The van der Waals surface area contributed by atoms with Crippen molar-refractivity contribution in [2.75, 3.05) is 0 Å². The van der Waals surface area contributed by atoms with Gasteiger partial charge < -0.3 is 4.74 Å². The molecule has 124 valence electrons. The fourth-order valence-electron chi connectivity index (χ4n) is 2.58. The van der Waals surface area contributed by atoms with Gasteiger partial charge in [0.2, 0.25) is 5.91 Å². The minimum absolute atomic E-state index is 0.378. The van der Waals surface area contributed by atoms with Gasteiger partial charge in [-0.05, 0) is 23.3 Å². The van der Waals surface area contributed by atoms with Gasteiger partial charge in [0.15, 0.2) is 0 Å². The van der Waals surface area contributed by atoms with Crippen LogP contribution in [0.2, 0.25) is 0 Å². The number of hydrogen-bond donors (Lipinski definition) is 1. The van der Waals surface area contributed by atoms with Crippen LogP contribution in [-0.2, 0) is 4.79 Å². The lowest BCUT2D eigenvalue weighted by Crippen LogP contribution is -2.37. The van der Waals surface area contributed by atoms with Gasteiger partial charge in [0.1, 0.15) is 5.75 Å². The van der Waals surface area contributed by atoms with E-state index in [1.807, 2.05) is 66.7 Å². The van der Waals surface area contributed by atoms with E-state index in [-0.39, 0.29) is 0 Å². The van der Waals surface area contributed by atoms with Crippen LogP contribution < -0.4 is 10.1 Å². The Morgan fingerprint density at radius 3 is 1.60 bits per heavy atom. The molecule has 0 saturated carbocycles. The average molecular weight is 331 g/mol. The van der Waals surface area contributed by atoms with Gasteiger partial charge in [0, 0.05) is 0 Å². The highest BCUT2D eigenvalue weighted by molar-refractivity contribution is 5.98. The summed E-state index contributed by atoms with van der Waals surface area (Å²) in [6.07, 6.45) is -0.798. The Morgan fingerprint density at radius 2 is 1.12 bits per heavy atom. The standard InChI is InChI=1S/C21H17NO3/c23-20(22-21(24)25-18-14-8-3-9-15-18)19(16-10-4-1-5-11-16)17-12-6-2-7-13-17/h1-15,19H,(H,22,23,24). The van der Waals surface area contributed by atoms with Crippen molar-refractivity contribution in [3.8, 4) is 5.75 Å². The van der Waals surface area contributed by atoms with Gasteiger partial charge in [0.25, 0.3) is 0 Å².